The van der Waals surface area contributed by atoms with E-state index in [1.54, 1.807) is 0 Å². The van der Waals surface area contributed by atoms with Crippen molar-refractivity contribution in [3.63, 3.8) is 0 Å². The van der Waals surface area contributed by atoms with Crippen molar-refractivity contribution in [2.45, 2.75) is 153 Å². The normalized spacial score (nSPS) is 10.6. The van der Waals surface area contributed by atoms with Gasteiger partial charge in [-0.25, -0.2) is 19.2 Å². The number of hydrogen-bond acceptors (Lipinski definition) is 24. The fourth-order valence-corrected chi connectivity index (χ4v) is 14.2. The molecule has 0 saturated carbocycles. The van der Waals surface area contributed by atoms with Crippen LogP contribution in [0.3, 0.4) is 0 Å². The van der Waals surface area contributed by atoms with E-state index in [1.165, 1.54) is 48.6 Å². The molecule has 3 radical (unpaired) electrons. The fourth-order valence-electron chi connectivity index (χ4n) is 7.48. The van der Waals surface area contributed by atoms with Gasteiger partial charge in [0.05, 0.1) is 41.6 Å². The summed E-state index contributed by atoms with van der Waals surface area (Å²) in [5, 5.41) is 51.3. The molecule has 44 heteroatoms. The second kappa shape index (κ2) is 80.2. The number of carboxylic acid groups (broad SMARTS) is 1. The number of rotatable bonds is 45. The molecule has 6 aromatic carbocycles. The number of esters is 3. The number of aliphatic carboxylic acids is 1. The number of carbonyl (C=O) groups excluding carboxylic acids is 3. The molecule has 112 heavy (non-hydrogen) atoms. The van der Waals surface area contributed by atoms with E-state index >= 15 is 0 Å². The molecule has 0 fully saturated rings. The Morgan fingerprint density at radius 3 is 0.679 bits per heavy atom. The third kappa shape index (κ3) is 61.7. The number of aliphatic hydroxyl groups is 1. The predicted molar refractivity (Wildman–Crippen MR) is 404 cm³/mol. The third-order valence-electron chi connectivity index (χ3n) is 12.3. The van der Waals surface area contributed by atoms with E-state index in [1.807, 2.05) is 0 Å². The molecule has 21 nitrogen and oxygen atoms in total. The second-order valence-corrected chi connectivity index (χ2v) is 30.8. The SMILES string of the molecule is O=C(O)C(F)(F)SOO[O-].O=C(OCCCCCCBr)C(F)(F)SOO[O-].O=C(OCCCCCCBr)C(F)(F)SOO[O-].O=C(OCCCCCCBr)C(F)(F)SOO[O-].OCCCCCCBr.[B].[Cl-].[Na+].[Na+].[Na+].c1ccc([S+](c2ccccc2)c2ccccc2)cc1.c1ccc([S+](c2ccccc2)c2ccccc2)cc1. The number of alkyl halides is 12. The Kier molecular flexibility index (Phi) is 87.6. The van der Waals surface area contributed by atoms with Gasteiger partial charge in [0.25, 0.3) is 0 Å². The number of benzene rings is 6. The molecule has 0 heterocycles. The molecule has 0 atom stereocenters. The van der Waals surface area contributed by atoms with Gasteiger partial charge in [0.2, 0.25) is 0 Å². The molecule has 0 aliphatic rings. The number of carboxylic acids is 1. The van der Waals surface area contributed by atoms with Crippen LogP contribution in [0.5, 0.6) is 0 Å². The van der Waals surface area contributed by atoms with Crippen molar-refractivity contribution >= 4 is 166 Å². The maximum absolute atomic E-state index is 12.8. The third-order valence-corrected chi connectivity index (χ3v) is 21.0. The maximum atomic E-state index is 12.8. The summed E-state index contributed by atoms with van der Waals surface area (Å²) >= 11 is 10.1. The van der Waals surface area contributed by atoms with Crippen LogP contribution >= 0.6 is 112 Å². The van der Waals surface area contributed by atoms with Crippen LogP contribution in [0, 0.1) is 0 Å². The van der Waals surface area contributed by atoms with Crippen molar-refractivity contribution in [3.05, 3.63) is 182 Å². The minimum atomic E-state index is -4.16. The van der Waals surface area contributed by atoms with E-state index in [0.717, 1.165) is 85.5 Å². The molecule has 2 N–H and O–H groups in total. The largest absolute Gasteiger partial charge is 1.00 e. The molecule has 0 saturated heterocycles. The van der Waals surface area contributed by atoms with Gasteiger partial charge in [0.1, 0.15) is 48.2 Å². The Morgan fingerprint density at radius 1 is 0.330 bits per heavy atom. The summed E-state index contributed by atoms with van der Waals surface area (Å²) in [6, 6.07) is 64.3. The Hall–Kier alpha value is -0.505. The summed E-state index contributed by atoms with van der Waals surface area (Å²) in [5.41, 5.74) is 0. The molecule has 611 valence electrons. The Labute approximate surface area is 778 Å². The number of halogens is 13. The average molecular weight is 2010 g/mol. The molecular formula is C68H80BBr4ClF8Na3O21S6. The van der Waals surface area contributed by atoms with Crippen molar-refractivity contribution in [2.75, 3.05) is 47.7 Å². The first-order valence-electron chi connectivity index (χ1n) is 31.9. The zero-order valence-corrected chi connectivity index (χ0v) is 78.9. The Morgan fingerprint density at radius 2 is 0.509 bits per heavy atom. The maximum Gasteiger partial charge on any atom is 1.00 e. The van der Waals surface area contributed by atoms with Crippen LogP contribution in [0.15, 0.2) is 211 Å². The molecule has 6 rings (SSSR count). The van der Waals surface area contributed by atoms with Gasteiger partial charge >= 0.3 is 134 Å². The summed E-state index contributed by atoms with van der Waals surface area (Å²) in [6.45, 7) is 0.0861. The van der Waals surface area contributed by atoms with Crippen LogP contribution in [-0.4, -0.2) is 111 Å². The monoisotopic (exact) mass is 2010 g/mol. The van der Waals surface area contributed by atoms with Gasteiger partial charge in [-0.15, -0.1) is 0 Å². The number of hydrogen-bond donors (Lipinski definition) is 2. The van der Waals surface area contributed by atoms with Crippen molar-refractivity contribution < 1.29 is 238 Å². The first-order chi connectivity index (χ1) is 51.4. The summed E-state index contributed by atoms with van der Waals surface area (Å²) < 4.78 is 126. The van der Waals surface area contributed by atoms with Crippen LogP contribution in [0.4, 0.5) is 35.1 Å². The zero-order valence-electron chi connectivity index (χ0n) is 60.9. The van der Waals surface area contributed by atoms with Crippen LogP contribution in [0.2, 0.25) is 0 Å². The van der Waals surface area contributed by atoms with Gasteiger partial charge in [-0.1, -0.05) is 224 Å². The molecule has 0 aliphatic carbocycles. The molecule has 0 amide bonds. The van der Waals surface area contributed by atoms with Crippen molar-refractivity contribution in [1.29, 1.82) is 0 Å². The minimum absolute atomic E-state index is 0. The molecule has 0 aromatic heterocycles. The van der Waals surface area contributed by atoms with Crippen molar-refractivity contribution in [3.8, 4) is 0 Å². The van der Waals surface area contributed by atoms with E-state index in [-0.39, 0.29) is 151 Å². The van der Waals surface area contributed by atoms with Crippen LogP contribution in [-0.2, 0) is 92.7 Å². The van der Waals surface area contributed by atoms with E-state index in [2.05, 4.69) is 297 Å². The zero-order chi connectivity index (χ0) is 79.7. The number of aliphatic hydroxyl groups excluding tert-OH is 1. The average Bonchev–Trinajstić information content (AvgIpc) is 0.824. The van der Waals surface area contributed by atoms with Crippen molar-refractivity contribution in [1.82, 2.24) is 0 Å². The first kappa shape index (κ1) is 122. The van der Waals surface area contributed by atoms with Gasteiger partial charge in [0, 0.05) is 36.3 Å². The summed E-state index contributed by atoms with van der Waals surface area (Å²) in [5.74, 6) is -7.66. The van der Waals surface area contributed by atoms with Gasteiger partial charge in [-0.2, -0.15) is 52.5 Å². The van der Waals surface area contributed by atoms with Gasteiger partial charge in [-0.05, 0) is 124 Å². The molecule has 0 spiro atoms. The molecule has 0 aliphatic heterocycles. The van der Waals surface area contributed by atoms with Crippen LogP contribution in [0.1, 0.15) is 103 Å². The molecule has 0 bridgehead atoms. The van der Waals surface area contributed by atoms with E-state index in [9.17, 15) is 70.1 Å². The fraction of sp³-hybridized carbons (Fsp3) is 0.412. The summed E-state index contributed by atoms with van der Waals surface area (Å²) in [6.07, 6.45) is 14.3. The minimum Gasteiger partial charge on any atom is -1.00 e. The number of ether oxygens (including phenoxy) is 3. The molecule has 6 aromatic rings. The van der Waals surface area contributed by atoms with Gasteiger partial charge in [-0.3, -0.25) is 20.2 Å². The Bertz CT molecular complexity index is 2740. The Balaban J connectivity index is -0.000000295. The van der Waals surface area contributed by atoms with E-state index < -0.39 is 93.1 Å². The molecule has 0 unspecified atom stereocenters. The van der Waals surface area contributed by atoms with E-state index in [4.69, 9.17) is 15.5 Å². The summed E-state index contributed by atoms with van der Waals surface area (Å²) in [7, 11) is -0.0293. The summed E-state index contributed by atoms with van der Waals surface area (Å²) in [4.78, 5) is 50.1. The quantitative estimate of drug-likeness (QED) is 0.00507. The first-order valence-corrected chi connectivity index (χ1v) is 41.8. The van der Waals surface area contributed by atoms with Crippen molar-refractivity contribution in [2.24, 2.45) is 0 Å². The van der Waals surface area contributed by atoms with Crippen LogP contribution in [0.25, 0.3) is 0 Å². The van der Waals surface area contributed by atoms with Gasteiger partial charge in [0.15, 0.2) is 29.4 Å². The number of carbonyl (C=O) groups is 4. The predicted octanol–water partition coefficient (Wildman–Crippen LogP) is 4.52. The molecular weight excluding hydrogens is 1930 g/mol. The second-order valence-electron chi connectivity index (χ2n) is 20.3. The number of unbranched alkanes of at least 4 members (excludes halogenated alkanes) is 12. The van der Waals surface area contributed by atoms with Crippen LogP contribution < -0.4 is 122 Å². The standard InChI is InChI=1S/2C18H15S.3C8H13BrF2O5S.C6H13BrO.C2H2F2O5S.B.ClH.3Na/c2*1-4-10-16(11-5-1)19(17-12-6-2-7-13-17)18-14-8-3-9-15-18;3*9-5-3-1-2-4-6-14-7(12)8(10,11)17-16-15-13;7-5-3-1-2-4-6-8;3-2(4,1(5)6)10-9-8-7;;;;;/h2*1-15H;3*13H,1-6H2;8H,1-6H2;7H,(H,5,6);;1H;;;/q2*+1;;;;;;;;3*+1/p-5. The van der Waals surface area contributed by atoms with Gasteiger partial charge < -0.3 is 57.9 Å². The topological polar surface area (TPSA) is 303 Å². The van der Waals surface area contributed by atoms with E-state index in [0.29, 0.717) is 25.9 Å². The smallest absolute Gasteiger partial charge is 1.00 e.